The molecule has 0 spiro atoms. The molecule has 0 rings (SSSR count). The van der Waals surface area contributed by atoms with Gasteiger partial charge in [0, 0.05) is 14.5 Å². The van der Waals surface area contributed by atoms with Crippen LogP contribution in [0.1, 0.15) is 15.3 Å². The third kappa shape index (κ3) is 4.96. The Morgan fingerprint density at radius 3 is 2.50 bits per heavy atom. The molecule has 0 aliphatic carbocycles. The molecule has 0 aromatic heterocycles. The molecule has 0 fully saturated rings. The first-order valence-corrected chi connectivity index (χ1v) is 4.28. The number of nitrogens with one attached hydrogen (secondary N) is 1. The molecule has 0 saturated heterocycles. The summed E-state index contributed by atoms with van der Waals surface area (Å²) < 4.78 is 4.43. The summed E-state index contributed by atoms with van der Waals surface area (Å²) in [4.78, 5) is 12.9. The molecule has 1 amide bonds. The normalized spacial score (nSPS) is 10.0. The lowest BCUT2D eigenvalue weighted by Crippen LogP contribution is -2.34. The lowest BCUT2D eigenvalue weighted by atomic mass is 10.5. The molecule has 0 saturated carbocycles. The molecule has 12 heavy (non-hydrogen) atoms. The number of amides is 1. The smallest absolute Gasteiger partial charge is 0.406 e. The minimum Gasteiger partial charge on any atom is -0.453 e. The number of carbonyl (C=O) groups excluding carboxylic acids is 1. The van der Waals surface area contributed by atoms with Gasteiger partial charge in [-0.15, -0.1) is 0 Å². The minimum absolute atomic E-state index is 0. The second kappa shape index (κ2) is 6.91. The van der Waals surface area contributed by atoms with Crippen LogP contribution in [0.15, 0.2) is 0 Å². The third-order valence-electron chi connectivity index (χ3n) is 1.78. The van der Waals surface area contributed by atoms with Gasteiger partial charge in [-0.1, -0.05) is 13.8 Å². The molecule has 0 bridgehead atoms. The van der Waals surface area contributed by atoms with E-state index in [4.69, 9.17) is 0 Å². The van der Waals surface area contributed by atoms with Crippen LogP contribution < -0.4 is 5.32 Å². The molecule has 0 radical (unpaired) electrons. The monoisotopic (exact) mass is 176 g/mol. The van der Waals surface area contributed by atoms with Crippen LogP contribution in [0.4, 0.5) is 4.79 Å². The summed E-state index contributed by atoms with van der Waals surface area (Å²) in [5.41, 5.74) is 0. The lowest BCUT2D eigenvalue weighted by molar-refractivity contribution is 0.169. The second-order valence-electron chi connectivity index (χ2n) is 2.45. The Balaban J connectivity index is 0. The van der Waals surface area contributed by atoms with Gasteiger partial charge in [0.1, 0.15) is 0 Å². The number of hydrogen-bond donors (Lipinski definition) is 1. The maximum atomic E-state index is 10.6. The Labute approximate surface area is 75.4 Å². The van der Waals surface area contributed by atoms with Crippen molar-refractivity contribution in [2.24, 2.45) is 0 Å². The van der Waals surface area contributed by atoms with Gasteiger partial charge in [-0.25, -0.2) is 4.79 Å². The van der Waals surface area contributed by atoms with Crippen molar-refractivity contribution in [1.29, 1.82) is 0 Å². The Morgan fingerprint density at radius 2 is 2.08 bits per heavy atom. The van der Waals surface area contributed by atoms with Crippen molar-refractivity contribution in [3.63, 3.8) is 0 Å². The van der Waals surface area contributed by atoms with Gasteiger partial charge in [0.2, 0.25) is 0 Å². The van der Waals surface area contributed by atoms with Crippen LogP contribution in [-0.4, -0.2) is 44.3 Å². The molecule has 0 aromatic rings. The summed E-state index contributed by atoms with van der Waals surface area (Å²) in [5, 5.41) is 2.63. The van der Waals surface area contributed by atoms with Crippen LogP contribution >= 0.6 is 0 Å². The highest BCUT2D eigenvalue weighted by molar-refractivity contribution is 5.66. The summed E-state index contributed by atoms with van der Waals surface area (Å²) in [6, 6.07) is 0. The quantitative estimate of drug-likeness (QED) is 0.677. The minimum atomic E-state index is -0.359. The maximum absolute atomic E-state index is 10.6. The highest BCUT2D eigenvalue weighted by Crippen LogP contribution is 1.84. The van der Waals surface area contributed by atoms with E-state index in [2.05, 4.69) is 28.8 Å². The fraction of sp³-hybridized carbons (Fsp3) is 0.875. The van der Waals surface area contributed by atoms with Crippen molar-refractivity contribution in [2.75, 3.05) is 33.3 Å². The second-order valence-corrected chi connectivity index (χ2v) is 2.45. The number of nitrogens with zero attached hydrogens (tertiary/aromatic N) is 1. The number of hydrogen-bond acceptors (Lipinski definition) is 3. The van der Waals surface area contributed by atoms with Crippen LogP contribution in [0.2, 0.25) is 0 Å². The van der Waals surface area contributed by atoms with E-state index in [0.717, 1.165) is 19.6 Å². The van der Waals surface area contributed by atoms with Gasteiger partial charge in [0.05, 0.1) is 7.11 Å². The van der Waals surface area contributed by atoms with Crippen molar-refractivity contribution in [3.8, 4) is 0 Å². The van der Waals surface area contributed by atoms with Gasteiger partial charge in [-0.05, 0) is 13.1 Å². The Bertz CT molecular complexity index is 129. The number of likely N-dealkylation sites (N-methyl/N-ethyl adjacent to an activating group) is 1. The number of ether oxygens (including phenoxy) is 1. The van der Waals surface area contributed by atoms with E-state index >= 15 is 0 Å². The van der Waals surface area contributed by atoms with Crippen LogP contribution in [0.3, 0.4) is 0 Å². The van der Waals surface area contributed by atoms with E-state index in [1.807, 2.05) is 0 Å². The highest BCUT2D eigenvalue weighted by atomic mass is 16.5. The first-order chi connectivity index (χ1) is 5.74. The molecule has 0 aliphatic rings. The average molecular weight is 176 g/mol. The van der Waals surface area contributed by atoms with Crippen LogP contribution in [0, 0.1) is 0 Å². The van der Waals surface area contributed by atoms with Gasteiger partial charge >= 0.3 is 6.09 Å². The standard InChI is InChI=1S/C8H18N2O2.H2/c1-4-10(5-2)7-6-9-8(11)12-3;/h4-7H2,1-3H3,(H,9,11);1H. The number of methoxy groups -OCH3 is 1. The topological polar surface area (TPSA) is 41.6 Å². The number of rotatable bonds is 5. The van der Waals surface area contributed by atoms with E-state index in [9.17, 15) is 4.79 Å². The van der Waals surface area contributed by atoms with E-state index in [-0.39, 0.29) is 7.52 Å². The Hall–Kier alpha value is -0.770. The van der Waals surface area contributed by atoms with Gasteiger partial charge in [0.15, 0.2) is 0 Å². The van der Waals surface area contributed by atoms with Crippen LogP contribution in [0.5, 0.6) is 0 Å². The van der Waals surface area contributed by atoms with Crippen molar-refractivity contribution < 1.29 is 11.0 Å². The summed E-state index contributed by atoms with van der Waals surface area (Å²) in [7, 11) is 1.37. The van der Waals surface area contributed by atoms with Crippen LogP contribution in [0.25, 0.3) is 0 Å². The molecule has 74 valence electrons. The zero-order chi connectivity index (χ0) is 9.40. The fourth-order valence-electron chi connectivity index (χ4n) is 0.928. The van der Waals surface area contributed by atoms with Crippen molar-refractivity contribution in [1.82, 2.24) is 10.2 Å². The van der Waals surface area contributed by atoms with Gasteiger partial charge in [-0.2, -0.15) is 0 Å². The van der Waals surface area contributed by atoms with Gasteiger partial charge < -0.3 is 15.0 Å². The van der Waals surface area contributed by atoms with E-state index in [0.29, 0.717) is 6.54 Å². The van der Waals surface area contributed by atoms with Crippen molar-refractivity contribution in [3.05, 3.63) is 0 Å². The van der Waals surface area contributed by atoms with Crippen molar-refractivity contribution in [2.45, 2.75) is 13.8 Å². The predicted octanol–water partition coefficient (Wildman–Crippen LogP) is 0.930. The summed E-state index contributed by atoms with van der Waals surface area (Å²) in [6.45, 7) is 7.75. The zero-order valence-electron chi connectivity index (χ0n) is 8.09. The molecule has 0 aromatic carbocycles. The van der Waals surface area contributed by atoms with Crippen molar-refractivity contribution >= 4 is 6.09 Å². The molecule has 1 N–H and O–H groups in total. The van der Waals surface area contributed by atoms with E-state index < -0.39 is 0 Å². The summed E-state index contributed by atoms with van der Waals surface area (Å²) in [6.07, 6.45) is -0.359. The molecule has 0 unspecified atom stereocenters. The first-order valence-electron chi connectivity index (χ1n) is 4.28. The number of carbonyl (C=O) groups is 1. The summed E-state index contributed by atoms with van der Waals surface area (Å²) >= 11 is 0. The Morgan fingerprint density at radius 1 is 1.50 bits per heavy atom. The molecular weight excluding hydrogens is 156 g/mol. The van der Waals surface area contributed by atoms with E-state index in [1.165, 1.54) is 7.11 Å². The zero-order valence-corrected chi connectivity index (χ0v) is 8.09. The third-order valence-corrected chi connectivity index (χ3v) is 1.78. The molecule has 4 heteroatoms. The molecule has 4 nitrogen and oxygen atoms in total. The largest absolute Gasteiger partial charge is 0.453 e. The molecule has 0 atom stereocenters. The molecular formula is C8H20N2O2. The molecule has 0 heterocycles. The van der Waals surface area contributed by atoms with Gasteiger partial charge in [0.25, 0.3) is 0 Å². The molecule has 0 aliphatic heterocycles. The fourth-order valence-corrected chi connectivity index (χ4v) is 0.928. The van der Waals surface area contributed by atoms with Gasteiger partial charge in [-0.3, -0.25) is 0 Å². The average Bonchev–Trinajstić information content (AvgIpc) is 2.12. The maximum Gasteiger partial charge on any atom is 0.406 e. The van der Waals surface area contributed by atoms with E-state index in [1.54, 1.807) is 0 Å². The Kier molecular flexibility index (Phi) is 6.47. The van der Waals surface area contributed by atoms with Crippen LogP contribution in [-0.2, 0) is 4.74 Å². The predicted molar refractivity (Wildman–Crippen MR) is 50.3 cm³/mol. The summed E-state index contributed by atoms with van der Waals surface area (Å²) in [5.74, 6) is 0. The first kappa shape index (κ1) is 11.2. The SMILES string of the molecule is CCN(CC)CCNC(=O)OC.[HH]. The highest BCUT2D eigenvalue weighted by Gasteiger charge is 2.00. The lowest BCUT2D eigenvalue weighted by Gasteiger charge is -2.17. The number of alkyl carbamates (subject to hydrolysis) is 1.